The van der Waals surface area contributed by atoms with Crippen LogP contribution in [0.25, 0.3) is 0 Å². The molecule has 0 unspecified atom stereocenters. The Morgan fingerprint density at radius 3 is 1.42 bits per heavy atom. The molecule has 14 heteroatoms. The van der Waals surface area contributed by atoms with E-state index in [-0.39, 0.29) is 0 Å². The third-order valence-corrected chi connectivity index (χ3v) is 5.98. The topological polar surface area (TPSA) is 204 Å². The van der Waals surface area contributed by atoms with Gasteiger partial charge >= 0.3 is 30.0 Å². The molecule has 0 bridgehead atoms. The molecule has 0 aliphatic rings. The van der Waals surface area contributed by atoms with E-state index in [1.54, 1.807) is 112 Å². The van der Waals surface area contributed by atoms with Crippen LogP contribution in [0.4, 0.5) is 4.79 Å². The quantitative estimate of drug-likeness (QED) is 0.121. The highest BCUT2D eigenvalue weighted by atomic mass is 16.8. The van der Waals surface area contributed by atoms with Crippen LogP contribution in [0, 0.1) is 0 Å². The zero-order chi connectivity index (χ0) is 35.9. The fourth-order valence-corrected chi connectivity index (χ4v) is 4.04. The molecular weight excluding hydrogens is 628 g/mol. The molecule has 256 valence electrons. The number of carboxylic acids is 2. The summed E-state index contributed by atoms with van der Waals surface area (Å²) in [6.07, 6.45) is -4.15. The molecule has 3 aromatic rings. The molecule has 48 heavy (non-hydrogen) atoms. The van der Waals surface area contributed by atoms with E-state index in [4.69, 9.17) is 19.0 Å². The maximum Gasteiger partial charge on any atom is 0.528 e. The van der Waals surface area contributed by atoms with Gasteiger partial charge in [0.1, 0.15) is 17.7 Å². The predicted octanol–water partition coefficient (Wildman–Crippen LogP) is 4.37. The number of carbonyl (C=O) groups excluding carboxylic acids is 4. The van der Waals surface area contributed by atoms with Gasteiger partial charge in [-0.2, -0.15) is 0 Å². The summed E-state index contributed by atoms with van der Waals surface area (Å²) in [5, 5.41) is 21.4. The van der Waals surface area contributed by atoms with E-state index >= 15 is 0 Å². The van der Waals surface area contributed by atoms with E-state index in [2.05, 4.69) is 10.8 Å². The first-order valence-electron chi connectivity index (χ1n) is 14.5. The van der Waals surface area contributed by atoms with E-state index in [1.807, 2.05) is 0 Å². The van der Waals surface area contributed by atoms with E-state index in [9.17, 15) is 39.0 Å². The number of benzene rings is 3. The minimum atomic E-state index is -1.59. The smallest absolute Gasteiger partial charge is 0.478 e. The van der Waals surface area contributed by atoms with Crippen LogP contribution in [0.2, 0.25) is 0 Å². The zero-order valence-corrected chi connectivity index (χ0v) is 26.9. The van der Waals surface area contributed by atoms with E-state index in [0.29, 0.717) is 16.7 Å². The van der Waals surface area contributed by atoms with Crippen molar-refractivity contribution in [2.24, 2.45) is 0 Å². The lowest BCUT2D eigenvalue weighted by atomic mass is 10.0. The van der Waals surface area contributed by atoms with Crippen LogP contribution in [0.15, 0.2) is 91.0 Å². The van der Waals surface area contributed by atoms with Crippen LogP contribution in [-0.4, -0.2) is 64.0 Å². The van der Waals surface area contributed by atoms with Crippen LogP contribution in [0.1, 0.15) is 68.2 Å². The zero-order valence-electron chi connectivity index (χ0n) is 26.9. The van der Waals surface area contributed by atoms with Gasteiger partial charge in [0.2, 0.25) is 12.2 Å². The Labute approximate surface area is 276 Å². The SMILES string of the molecule is CC(=O)O[C@@H](C(=O)O)[C@@H](NC(=O)c1ccccc1)c1ccccc1.CC(=O)O[C@@H](C(=O)O)[C@@H](NOC(=O)OC(C)(C)C)c1ccccc1. The largest absolute Gasteiger partial charge is 0.528 e. The highest BCUT2D eigenvalue weighted by Gasteiger charge is 2.35. The van der Waals surface area contributed by atoms with Crippen molar-refractivity contribution >= 4 is 35.9 Å². The summed E-state index contributed by atoms with van der Waals surface area (Å²) < 4.78 is 14.7. The Balaban J connectivity index is 0.000000333. The molecule has 0 heterocycles. The first-order valence-corrected chi connectivity index (χ1v) is 14.5. The van der Waals surface area contributed by atoms with E-state index in [1.165, 1.54) is 0 Å². The highest BCUT2D eigenvalue weighted by molar-refractivity contribution is 5.95. The van der Waals surface area contributed by atoms with Gasteiger partial charge in [0, 0.05) is 19.4 Å². The molecule has 1 amide bonds. The van der Waals surface area contributed by atoms with Gasteiger partial charge in [-0.3, -0.25) is 14.4 Å². The van der Waals surface area contributed by atoms with Gasteiger partial charge in [0.25, 0.3) is 5.91 Å². The number of rotatable bonds is 12. The number of hydroxylamine groups is 1. The van der Waals surface area contributed by atoms with Gasteiger partial charge in [-0.05, 0) is 44.0 Å². The molecule has 3 rings (SSSR count). The van der Waals surface area contributed by atoms with Crippen molar-refractivity contribution in [2.45, 2.75) is 64.5 Å². The second-order valence-electron chi connectivity index (χ2n) is 11.0. The monoisotopic (exact) mass is 666 g/mol. The van der Waals surface area contributed by atoms with Crippen molar-refractivity contribution < 1.29 is 58.0 Å². The predicted molar refractivity (Wildman–Crippen MR) is 169 cm³/mol. The Morgan fingerprint density at radius 1 is 0.625 bits per heavy atom. The number of aliphatic carboxylic acids is 2. The molecule has 0 aliphatic carbocycles. The summed E-state index contributed by atoms with van der Waals surface area (Å²) in [6, 6.07) is 23.1. The molecule has 0 aromatic heterocycles. The van der Waals surface area contributed by atoms with Gasteiger partial charge < -0.3 is 34.6 Å². The average Bonchev–Trinajstić information content (AvgIpc) is 3.02. The number of carboxylic acid groups (broad SMARTS) is 2. The van der Waals surface area contributed by atoms with Gasteiger partial charge in [-0.1, -0.05) is 78.9 Å². The van der Waals surface area contributed by atoms with Gasteiger partial charge in [0.15, 0.2) is 0 Å². The normalized spacial score (nSPS) is 13.1. The molecule has 4 N–H and O–H groups in total. The molecule has 0 saturated carbocycles. The second-order valence-corrected chi connectivity index (χ2v) is 11.0. The highest BCUT2D eigenvalue weighted by Crippen LogP contribution is 2.22. The van der Waals surface area contributed by atoms with Gasteiger partial charge in [0.05, 0.1) is 0 Å². The van der Waals surface area contributed by atoms with Crippen molar-refractivity contribution in [3.8, 4) is 0 Å². The lowest BCUT2D eigenvalue weighted by molar-refractivity contribution is -0.167. The molecule has 0 saturated heterocycles. The Kier molecular flexibility index (Phi) is 14.7. The summed E-state index contributed by atoms with van der Waals surface area (Å²) in [7, 11) is 0. The number of amides is 1. The number of nitrogens with one attached hydrogen (secondary N) is 2. The fourth-order valence-electron chi connectivity index (χ4n) is 4.04. The fraction of sp³-hybridized carbons (Fsp3) is 0.294. The lowest BCUT2D eigenvalue weighted by Crippen LogP contribution is -2.42. The standard InChI is InChI=1S/C18H17NO5.C16H21NO7/c1-12(20)24-16(18(22)23)15(13-8-4-2-5-9-13)19-17(21)14-10-6-3-7-11-14;1-10(18)22-13(14(19)20)12(11-8-6-5-7-9-11)17-24-15(21)23-16(2,3)4/h2-11,15-16H,1H3,(H,19,21)(H,22,23);5-9,12-13,17H,1-4H3,(H,19,20)/t15-,16+;12-,13+/m00/s1. The molecule has 0 radical (unpaired) electrons. The van der Waals surface area contributed by atoms with Crippen molar-refractivity contribution in [3.05, 3.63) is 108 Å². The minimum Gasteiger partial charge on any atom is -0.478 e. The maximum atomic E-state index is 12.4. The van der Waals surface area contributed by atoms with Crippen molar-refractivity contribution in [1.82, 2.24) is 10.8 Å². The number of hydrogen-bond acceptors (Lipinski definition) is 11. The summed E-state index contributed by atoms with van der Waals surface area (Å²) in [6.45, 7) is 7.18. The van der Waals surface area contributed by atoms with Gasteiger partial charge in [-0.15, -0.1) is 5.48 Å². The molecule has 4 atom stereocenters. The maximum absolute atomic E-state index is 12.4. The number of ether oxygens (including phenoxy) is 3. The summed E-state index contributed by atoms with van der Waals surface area (Å²) in [5.74, 6) is -4.70. The van der Waals surface area contributed by atoms with Crippen molar-refractivity contribution in [1.29, 1.82) is 0 Å². The van der Waals surface area contributed by atoms with Gasteiger partial charge in [-0.25, -0.2) is 14.4 Å². The average molecular weight is 667 g/mol. The third kappa shape index (κ3) is 13.3. The van der Waals surface area contributed by atoms with E-state index in [0.717, 1.165) is 13.8 Å². The second kappa shape index (κ2) is 18.4. The number of esters is 2. The molecule has 14 nitrogen and oxygen atoms in total. The first-order chi connectivity index (χ1) is 22.6. The lowest BCUT2D eigenvalue weighted by Gasteiger charge is -2.25. The van der Waals surface area contributed by atoms with Crippen LogP contribution in [0.3, 0.4) is 0 Å². The van der Waals surface area contributed by atoms with Crippen molar-refractivity contribution in [3.63, 3.8) is 0 Å². The van der Waals surface area contributed by atoms with Crippen LogP contribution < -0.4 is 10.8 Å². The first kappa shape index (κ1) is 38.4. The van der Waals surface area contributed by atoms with Crippen molar-refractivity contribution in [2.75, 3.05) is 0 Å². The molecule has 3 aromatic carbocycles. The molecule has 0 aliphatic heterocycles. The summed E-state index contributed by atoms with van der Waals surface area (Å²) in [5.41, 5.74) is 2.89. The van der Waals surface area contributed by atoms with Crippen LogP contribution in [-0.2, 0) is 38.2 Å². The van der Waals surface area contributed by atoms with Crippen LogP contribution in [0.5, 0.6) is 0 Å². The Hall–Kier alpha value is -5.76. The molecule has 0 spiro atoms. The number of carbonyl (C=O) groups is 6. The third-order valence-electron chi connectivity index (χ3n) is 5.98. The summed E-state index contributed by atoms with van der Waals surface area (Å²) >= 11 is 0. The number of hydrogen-bond donors (Lipinski definition) is 4. The Bertz CT molecular complexity index is 1530. The molecular formula is C34H38N2O12. The Morgan fingerprint density at radius 2 is 1.02 bits per heavy atom. The summed E-state index contributed by atoms with van der Waals surface area (Å²) in [4.78, 5) is 74.2. The molecule has 0 fully saturated rings. The van der Waals surface area contributed by atoms with E-state index < -0.39 is 65.8 Å². The minimum absolute atomic E-state index is 0.380. The van der Waals surface area contributed by atoms with Crippen LogP contribution >= 0.6 is 0 Å².